The van der Waals surface area contributed by atoms with Crippen molar-refractivity contribution in [1.82, 2.24) is 5.32 Å². The van der Waals surface area contributed by atoms with Crippen LogP contribution in [-0.2, 0) is 16.2 Å². The summed E-state index contributed by atoms with van der Waals surface area (Å²) in [6.45, 7) is 1.27. The smallest absolute Gasteiger partial charge is 0.327 e. The Labute approximate surface area is 109 Å². The predicted octanol–water partition coefficient (Wildman–Crippen LogP) is 0.860. The zero-order valence-electron chi connectivity index (χ0n) is 9.92. The third-order valence-electron chi connectivity index (χ3n) is 2.20. The van der Waals surface area contributed by atoms with E-state index in [4.69, 9.17) is 10.2 Å². The molecule has 0 bridgehead atoms. The van der Waals surface area contributed by atoms with Crippen LogP contribution in [-0.4, -0.2) is 33.9 Å². The third kappa shape index (κ3) is 4.77. The number of hydrogen-bond donors (Lipinski definition) is 3. The minimum atomic E-state index is -1.05. The number of benzene rings is 1. The fourth-order valence-electron chi connectivity index (χ4n) is 1.29. The molecular formula is C12H15NO4S. The Balaban J connectivity index is 2.55. The Morgan fingerprint density at radius 2 is 1.94 bits per heavy atom. The van der Waals surface area contributed by atoms with Gasteiger partial charge in [-0.15, -0.1) is 11.8 Å². The number of amides is 1. The van der Waals surface area contributed by atoms with Crippen LogP contribution in [0.4, 0.5) is 0 Å². The molecule has 3 N–H and O–H groups in total. The lowest BCUT2D eigenvalue weighted by Gasteiger charge is -2.12. The van der Waals surface area contributed by atoms with Gasteiger partial charge in [0, 0.05) is 17.6 Å². The highest BCUT2D eigenvalue weighted by Crippen LogP contribution is 2.19. The highest BCUT2D eigenvalue weighted by molar-refractivity contribution is 7.99. The van der Waals surface area contributed by atoms with Crippen LogP contribution in [0.25, 0.3) is 0 Å². The summed E-state index contributed by atoms with van der Waals surface area (Å²) in [6, 6.07) is 6.27. The fraction of sp³-hybridized carbons (Fsp3) is 0.333. The number of thioether (sulfide) groups is 1. The van der Waals surface area contributed by atoms with Crippen LogP contribution < -0.4 is 5.32 Å². The zero-order chi connectivity index (χ0) is 13.5. The standard InChI is InChI=1S/C12H15NO4S/c1-8(15)13-11(12(16)17)7-18-10-4-2-9(6-14)3-5-10/h2-5,11,14H,6-7H2,1H3,(H,13,15)(H,16,17). The minimum Gasteiger partial charge on any atom is -0.480 e. The number of aliphatic hydroxyl groups is 1. The normalized spacial score (nSPS) is 11.9. The maximum Gasteiger partial charge on any atom is 0.327 e. The lowest BCUT2D eigenvalue weighted by molar-refractivity contribution is -0.140. The second-order valence-corrected chi connectivity index (χ2v) is 4.80. The van der Waals surface area contributed by atoms with Gasteiger partial charge in [0.15, 0.2) is 0 Å². The summed E-state index contributed by atoms with van der Waals surface area (Å²) in [4.78, 5) is 22.6. The summed E-state index contributed by atoms with van der Waals surface area (Å²) in [5, 5.41) is 20.2. The number of carbonyl (C=O) groups is 2. The molecule has 0 saturated heterocycles. The van der Waals surface area contributed by atoms with E-state index in [2.05, 4.69) is 5.32 Å². The first-order valence-corrected chi connectivity index (χ1v) is 6.34. The van der Waals surface area contributed by atoms with E-state index in [-0.39, 0.29) is 18.3 Å². The van der Waals surface area contributed by atoms with Gasteiger partial charge >= 0.3 is 5.97 Å². The molecule has 1 atom stereocenters. The summed E-state index contributed by atoms with van der Waals surface area (Å²) in [6.07, 6.45) is 0. The largest absolute Gasteiger partial charge is 0.480 e. The van der Waals surface area contributed by atoms with Crippen LogP contribution in [0.5, 0.6) is 0 Å². The Kier molecular flexibility index (Phi) is 5.67. The average Bonchev–Trinajstić information content (AvgIpc) is 2.34. The van der Waals surface area contributed by atoms with Gasteiger partial charge in [-0.05, 0) is 17.7 Å². The molecule has 0 aliphatic heterocycles. The van der Waals surface area contributed by atoms with Gasteiger partial charge in [0.1, 0.15) is 6.04 Å². The van der Waals surface area contributed by atoms with Crippen molar-refractivity contribution in [2.24, 2.45) is 0 Å². The van der Waals surface area contributed by atoms with Crippen molar-refractivity contribution in [3.05, 3.63) is 29.8 Å². The lowest BCUT2D eigenvalue weighted by atomic mass is 10.2. The molecule has 1 unspecified atom stereocenters. The maximum absolute atomic E-state index is 10.9. The van der Waals surface area contributed by atoms with Crippen LogP contribution >= 0.6 is 11.8 Å². The molecule has 18 heavy (non-hydrogen) atoms. The van der Waals surface area contributed by atoms with Crippen LogP contribution in [0.3, 0.4) is 0 Å². The molecule has 0 aliphatic carbocycles. The summed E-state index contributed by atoms with van der Waals surface area (Å²) in [5.74, 6) is -1.16. The van der Waals surface area contributed by atoms with Crippen molar-refractivity contribution in [3.63, 3.8) is 0 Å². The SMILES string of the molecule is CC(=O)NC(CSc1ccc(CO)cc1)C(=O)O. The van der Waals surface area contributed by atoms with E-state index in [0.29, 0.717) is 0 Å². The van der Waals surface area contributed by atoms with Crippen LogP contribution in [0, 0.1) is 0 Å². The van der Waals surface area contributed by atoms with E-state index in [1.165, 1.54) is 18.7 Å². The van der Waals surface area contributed by atoms with Gasteiger partial charge in [0.2, 0.25) is 5.91 Å². The van der Waals surface area contributed by atoms with E-state index in [1.54, 1.807) is 12.1 Å². The van der Waals surface area contributed by atoms with Crippen LogP contribution in [0.2, 0.25) is 0 Å². The molecule has 1 aromatic rings. The average molecular weight is 269 g/mol. The van der Waals surface area contributed by atoms with Crippen molar-refractivity contribution in [2.75, 3.05) is 5.75 Å². The topological polar surface area (TPSA) is 86.6 Å². The molecular weight excluding hydrogens is 254 g/mol. The van der Waals surface area contributed by atoms with Crippen molar-refractivity contribution in [1.29, 1.82) is 0 Å². The van der Waals surface area contributed by atoms with Gasteiger partial charge in [-0.25, -0.2) is 4.79 Å². The van der Waals surface area contributed by atoms with Crippen LogP contribution in [0.15, 0.2) is 29.2 Å². The van der Waals surface area contributed by atoms with Crippen molar-refractivity contribution < 1.29 is 19.8 Å². The maximum atomic E-state index is 10.9. The van der Waals surface area contributed by atoms with Crippen molar-refractivity contribution >= 4 is 23.6 Å². The number of aliphatic hydroxyl groups excluding tert-OH is 1. The second kappa shape index (κ2) is 7.03. The zero-order valence-corrected chi connectivity index (χ0v) is 10.7. The molecule has 1 aromatic carbocycles. The molecule has 0 spiro atoms. The molecule has 98 valence electrons. The number of carboxylic acid groups (broad SMARTS) is 1. The second-order valence-electron chi connectivity index (χ2n) is 3.70. The summed E-state index contributed by atoms with van der Waals surface area (Å²) >= 11 is 1.34. The number of carboxylic acids is 1. The Bertz CT molecular complexity index is 419. The lowest BCUT2D eigenvalue weighted by Crippen LogP contribution is -2.41. The minimum absolute atomic E-state index is 0.0193. The summed E-state index contributed by atoms with van der Waals surface area (Å²) < 4.78 is 0. The fourth-order valence-corrected chi connectivity index (χ4v) is 2.20. The summed E-state index contributed by atoms with van der Waals surface area (Å²) in [7, 11) is 0. The van der Waals surface area contributed by atoms with Gasteiger partial charge in [0.25, 0.3) is 0 Å². The van der Waals surface area contributed by atoms with Gasteiger partial charge < -0.3 is 15.5 Å². The number of aliphatic carboxylic acids is 1. The molecule has 5 nitrogen and oxygen atoms in total. The molecule has 0 aliphatic rings. The number of hydrogen-bond acceptors (Lipinski definition) is 4. The molecule has 0 radical (unpaired) electrons. The number of carbonyl (C=O) groups excluding carboxylic acids is 1. The number of nitrogens with one attached hydrogen (secondary N) is 1. The van der Waals surface area contributed by atoms with Crippen molar-refractivity contribution in [3.8, 4) is 0 Å². The highest BCUT2D eigenvalue weighted by Gasteiger charge is 2.18. The van der Waals surface area contributed by atoms with E-state index in [0.717, 1.165) is 10.5 Å². The molecule has 0 heterocycles. The molecule has 0 fully saturated rings. The van der Waals surface area contributed by atoms with E-state index < -0.39 is 12.0 Å². The summed E-state index contributed by atoms with van der Waals surface area (Å²) in [5.41, 5.74) is 0.802. The van der Waals surface area contributed by atoms with Gasteiger partial charge in [-0.1, -0.05) is 12.1 Å². The van der Waals surface area contributed by atoms with E-state index in [1.807, 2.05) is 12.1 Å². The van der Waals surface area contributed by atoms with Gasteiger partial charge in [0.05, 0.1) is 6.61 Å². The van der Waals surface area contributed by atoms with E-state index in [9.17, 15) is 9.59 Å². The van der Waals surface area contributed by atoms with Gasteiger partial charge in [-0.3, -0.25) is 4.79 Å². The van der Waals surface area contributed by atoms with E-state index >= 15 is 0 Å². The monoisotopic (exact) mass is 269 g/mol. The van der Waals surface area contributed by atoms with Crippen molar-refractivity contribution in [2.45, 2.75) is 24.5 Å². The quantitative estimate of drug-likeness (QED) is 0.667. The first kappa shape index (κ1) is 14.5. The first-order valence-electron chi connectivity index (χ1n) is 5.35. The van der Waals surface area contributed by atoms with Gasteiger partial charge in [-0.2, -0.15) is 0 Å². The molecule has 1 amide bonds. The van der Waals surface area contributed by atoms with Crippen LogP contribution in [0.1, 0.15) is 12.5 Å². The molecule has 0 saturated carbocycles. The Hall–Kier alpha value is -1.53. The Morgan fingerprint density at radius 1 is 1.33 bits per heavy atom. The number of rotatable bonds is 6. The predicted molar refractivity (Wildman–Crippen MR) is 68.3 cm³/mol. The molecule has 0 aromatic heterocycles. The first-order chi connectivity index (χ1) is 8.52. The Morgan fingerprint density at radius 3 is 2.39 bits per heavy atom. The molecule has 6 heteroatoms. The molecule has 1 rings (SSSR count). The highest BCUT2D eigenvalue weighted by atomic mass is 32.2. The third-order valence-corrected chi connectivity index (χ3v) is 3.30.